The summed E-state index contributed by atoms with van der Waals surface area (Å²) < 4.78 is 0. The lowest BCUT2D eigenvalue weighted by Crippen LogP contribution is -2.28. The second kappa shape index (κ2) is 6.37. The van der Waals surface area contributed by atoms with Crippen LogP contribution in [0, 0.1) is 6.57 Å². The molecule has 0 aromatic heterocycles. The third-order valence-corrected chi connectivity index (χ3v) is 5.87. The van der Waals surface area contributed by atoms with Gasteiger partial charge < -0.3 is 0 Å². The maximum atomic E-state index is 7.73. The van der Waals surface area contributed by atoms with E-state index in [1.165, 1.54) is 11.1 Å². The van der Waals surface area contributed by atoms with E-state index in [9.17, 15) is 0 Å². The zero-order valence-corrected chi connectivity index (χ0v) is 15.8. The van der Waals surface area contributed by atoms with Crippen molar-refractivity contribution in [3.05, 3.63) is 136 Å². The molecule has 0 fully saturated rings. The van der Waals surface area contributed by atoms with Gasteiger partial charge in [-0.3, -0.25) is 0 Å². The van der Waals surface area contributed by atoms with Gasteiger partial charge in [0.15, 0.2) is 5.69 Å². The van der Waals surface area contributed by atoms with Gasteiger partial charge in [-0.15, -0.1) is 0 Å². The predicted octanol–water partition coefficient (Wildman–Crippen LogP) is 7.25. The molecule has 1 aliphatic rings. The summed E-state index contributed by atoms with van der Waals surface area (Å²) in [4.78, 5) is 3.83. The second-order valence-corrected chi connectivity index (χ2v) is 7.42. The van der Waals surface area contributed by atoms with Gasteiger partial charge in [-0.25, -0.2) is 4.85 Å². The van der Waals surface area contributed by atoms with Crippen molar-refractivity contribution in [3.8, 4) is 11.1 Å². The van der Waals surface area contributed by atoms with Crippen molar-refractivity contribution in [3.63, 3.8) is 0 Å². The number of rotatable bonds is 2. The third kappa shape index (κ3) is 2.19. The highest BCUT2D eigenvalue weighted by molar-refractivity contribution is 6.30. The normalized spacial score (nSPS) is 13.4. The maximum absolute atomic E-state index is 7.73. The first-order valence-electron chi connectivity index (χ1n) is 9.19. The Bertz CT molecular complexity index is 1180. The van der Waals surface area contributed by atoms with Crippen molar-refractivity contribution in [1.82, 2.24) is 0 Å². The van der Waals surface area contributed by atoms with E-state index < -0.39 is 5.41 Å². The molecule has 0 spiro atoms. The Labute approximate surface area is 169 Å². The Balaban J connectivity index is 2.02. The molecule has 28 heavy (non-hydrogen) atoms. The number of benzene rings is 4. The average Bonchev–Trinajstić information content (AvgIpc) is 3.05. The molecule has 0 bridgehead atoms. The molecule has 4 aromatic carbocycles. The first-order chi connectivity index (χ1) is 13.8. The number of halogens is 1. The van der Waals surface area contributed by atoms with E-state index in [-0.39, 0.29) is 0 Å². The van der Waals surface area contributed by atoms with Crippen molar-refractivity contribution in [2.75, 3.05) is 0 Å². The van der Waals surface area contributed by atoms with Crippen molar-refractivity contribution < 1.29 is 0 Å². The highest BCUT2D eigenvalue weighted by atomic mass is 35.5. The summed E-state index contributed by atoms with van der Waals surface area (Å²) in [7, 11) is 0. The topological polar surface area (TPSA) is 4.36 Å². The summed E-state index contributed by atoms with van der Waals surface area (Å²) in [5, 5.41) is 0.701. The maximum Gasteiger partial charge on any atom is 0.195 e. The standard InChI is InChI=1S/C26H16ClN/c1-28-24-14-8-13-22-25(24)21-16-15-20(27)17-23(21)26(22,18-9-4-2-5-10-18)19-11-6-3-7-12-19/h2-17H. The largest absolute Gasteiger partial charge is 0.238 e. The predicted molar refractivity (Wildman–Crippen MR) is 115 cm³/mol. The summed E-state index contributed by atoms with van der Waals surface area (Å²) >= 11 is 6.48. The highest BCUT2D eigenvalue weighted by Crippen LogP contribution is 2.58. The SMILES string of the molecule is [C-]#[N+]c1cccc2c1-c1ccc(Cl)cc1C2(c1ccccc1)c1ccccc1. The summed E-state index contributed by atoms with van der Waals surface area (Å²) in [6.07, 6.45) is 0. The molecule has 0 unspecified atom stereocenters. The van der Waals surface area contributed by atoms with Gasteiger partial charge in [0.1, 0.15) is 0 Å². The van der Waals surface area contributed by atoms with Gasteiger partial charge in [0, 0.05) is 5.02 Å². The van der Waals surface area contributed by atoms with E-state index in [4.69, 9.17) is 18.2 Å². The minimum Gasteiger partial charge on any atom is -0.238 e. The monoisotopic (exact) mass is 377 g/mol. The molecular formula is C26H16ClN. The Morgan fingerprint density at radius 3 is 1.93 bits per heavy atom. The van der Waals surface area contributed by atoms with E-state index >= 15 is 0 Å². The summed E-state index contributed by atoms with van der Waals surface area (Å²) in [5.41, 5.74) is 6.87. The summed E-state index contributed by atoms with van der Waals surface area (Å²) in [6, 6.07) is 33.1. The molecule has 0 amide bonds. The molecule has 1 nitrogen and oxygen atoms in total. The van der Waals surface area contributed by atoms with Crippen LogP contribution in [0.25, 0.3) is 16.0 Å². The number of hydrogen-bond acceptors (Lipinski definition) is 0. The first kappa shape index (κ1) is 16.8. The van der Waals surface area contributed by atoms with Gasteiger partial charge >= 0.3 is 0 Å². The van der Waals surface area contributed by atoms with Crippen LogP contribution in [0.5, 0.6) is 0 Å². The van der Waals surface area contributed by atoms with Crippen LogP contribution in [0.1, 0.15) is 22.3 Å². The lowest BCUT2D eigenvalue weighted by Gasteiger charge is -2.34. The van der Waals surface area contributed by atoms with Crippen LogP contribution in [0.2, 0.25) is 5.02 Å². The second-order valence-electron chi connectivity index (χ2n) is 6.98. The molecule has 0 saturated heterocycles. The molecule has 0 atom stereocenters. The van der Waals surface area contributed by atoms with Crippen molar-refractivity contribution in [2.45, 2.75) is 5.41 Å². The van der Waals surface area contributed by atoms with Crippen LogP contribution >= 0.6 is 11.6 Å². The molecule has 0 aliphatic heterocycles. The van der Waals surface area contributed by atoms with Gasteiger partial charge in [-0.2, -0.15) is 0 Å². The fourth-order valence-corrected chi connectivity index (χ4v) is 4.76. The van der Waals surface area contributed by atoms with Crippen molar-refractivity contribution >= 4 is 17.3 Å². The fraction of sp³-hybridized carbons (Fsp3) is 0.0385. The van der Waals surface area contributed by atoms with E-state index in [0.717, 1.165) is 22.3 Å². The molecule has 5 rings (SSSR count). The lowest BCUT2D eigenvalue weighted by molar-refractivity contribution is 0.769. The lowest BCUT2D eigenvalue weighted by atomic mass is 9.68. The Kier molecular flexibility index (Phi) is 3.83. The zero-order chi connectivity index (χ0) is 19.1. The van der Waals surface area contributed by atoms with Gasteiger partial charge in [-0.1, -0.05) is 96.5 Å². The number of nitrogens with zero attached hydrogens (tertiary/aromatic N) is 1. The van der Waals surface area contributed by atoms with Crippen LogP contribution in [0.15, 0.2) is 97.1 Å². The van der Waals surface area contributed by atoms with E-state index in [0.29, 0.717) is 10.7 Å². The Morgan fingerprint density at radius 2 is 1.32 bits per heavy atom. The quantitative estimate of drug-likeness (QED) is 0.285. The van der Waals surface area contributed by atoms with Gasteiger partial charge in [0.25, 0.3) is 0 Å². The molecule has 0 radical (unpaired) electrons. The van der Waals surface area contributed by atoms with Gasteiger partial charge in [0.05, 0.1) is 12.0 Å². The van der Waals surface area contributed by atoms with E-state index in [1.54, 1.807) is 0 Å². The van der Waals surface area contributed by atoms with Gasteiger partial charge in [-0.05, 0) is 45.5 Å². The third-order valence-electron chi connectivity index (χ3n) is 5.64. The van der Waals surface area contributed by atoms with Crippen molar-refractivity contribution in [1.29, 1.82) is 0 Å². The molecule has 2 heteroatoms. The molecule has 0 saturated carbocycles. The Morgan fingerprint density at radius 1 is 0.679 bits per heavy atom. The molecular weight excluding hydrogens is 362 g/mol. The van der Waals surface area contributed by atoms with Crippen LogP contribution in [-0.2, 0) is 5.41 Å². The van der Waals surface area contributed by atoms with Crippen LogP contribution in [0.3, 0.4) is 0 Å². The average molecular weight is 378 g/mol. The molecule has 0 heterocycles. The summed E-state index contributed by atoms with van der Waals surface area (Å²) in [5.74, 6) is 0. The first-order valence-corrected chi connectivity index (χ1v) is 9.57. The van der Waals surface area contributed by atoms with E-state index in [1.807, 2.05) is 30.3 Å². The van der Waals surface area contributed by atoms with E-state index in [2.05, 4.69) is 71.6 Å². The van der Waals surface area contributed by atoms with Crippen molar-refractivity contribution in [2.24, 2.45) is 0 Å². The Hall–Kier alpha value is -3.34. The van der Waals surface area contributed by atoms with Gasteiger partial charge in [0.2, 0.25) is 0 Å². The van der Waals surface area contributed by atoms with Crippen LogP contribution in [-0.4, -0.2) is 0 Å². The molecule has 4 aromatic rings. The number of fused-ring (bicyclic) bond motifs is 3. The fourth-order valence-electron chi connectivity index (χ4n) is 4.58. The number of hydrogen-bond donors (Lipinski definition) is 0. The smallest absolute Gasteiger partial charge is 0.195 e. The molecule has 1 aliphatic carbocycles. The zero-order valence-electron chi connectivity index (χ0n) is 15.1. The van der Waals surface area contributed by atoms with Crippen LogP contribution in [0.4, 0.5) is 5.69 Å². The molecule has 0 N–H and O–H groups in total. The highest BCUT2D eigenvalue weighted by Gasteiger charge is 2.46. The minimum absolute atomic E-state index is 0.501. The molecule has 132 valence electrons. The summed E-state index contributed by atoms with van der Waals surface area (Å²) in [6.45, 7) is 7.73. The minimum atomic E-state index is -0.501. The van der Waals surface area contributed by atoms with Crippen LogP contribution < -0.4 is 0 Å².